The van der Waals surface area contributed by atoms with E-state index in [2.05, 4.69) is 43.4 Å². The molecule has 112 valence electrons. The Hall–Kier alpha value is -0.860. The van der Waals surface area contributed by atoms with Gasteiger partial charge in [0.2, 0.25) is 0 Å². The quantitative estimate of drug-likeness (QED) is 0.808. The second-order valence-corrected chi connectivity index (χ2v) is 5.90. The van der Waals surface area contributed by atoms with Crippen LogP contribution in [-0.4, -0.2) is 19.8 Å². The molecule has 2 atom stereocenters. The number of aryl methyl sites for hydroxylation is 1. The second kappa shape index (κ2) is 8.43. The molecule has 0 saturated carbocycles. The van der Waals surface area contributed by atoms with Gasteiger partial charge in [0.1, 0.15) is 0 Å². The van der Waals surface area contributed by atoms with Gasteiger partial charge in [-0.1, -0.05) is 44.5 Å². The molecule has 0 aliphatic carbocycles. The summed E-state index contributed by atoms with van der Waals surface area (Å²) in [5, 5.41) is 3.74. The van der Waals surface area contributed by atoms with Gasteiger partial charge in [0, 0.05) is 18.6 Å². The Kier molecular flexibility index (Phi) is 6.55. The van der Waals surface area contributed by atoms with Crippen molar-refractivity contribution in [3.8, 4) is 0 Å². The maximum atomic E-state index is 5.70. The third-order valence-corrected chi connectivity index (χ3v) is 4.13. The van der Waals surface area contributed by atoms with Gasteiger partial charge >= 0.3 is 0 Å². The Labute approximate surface area is 123 Å². The molecule has 2 rings (SSSR count). The van der Waals surface area contributed by atoms with Crippen molar-refractivity contribution >= 4 is 0 Å². The van der Waals surface area contributed by atoms with Crippen molar-refractivity contribution in [1.82, 2.24) is 5.32 Å². The Bertz CT molecular complexity index is 385. The third kappa shape index (κ3) is 4.32. The molecule has 0 bridgehead atoms. The molecule has 2 nitrogen and oxygen atoms in total. The van der Waals surface area contributed by atoms with Gasteiger partial charge in [0.15, 0.2) is 0 Å². The Morgan fingerprint density at radius 3 is 2.90 bits per heavy atom. The summed E-state index contributed by atoms with van der Waals surface area (Å²) in [6.07, 6.45) is 6.04. The summed E-state index contributed by atoms with van der Waals surface area (Å²) >= 11 is 0. The summed E-state index contributed by atoms with van der Waals surface area (Å²) in [7, 11) is 0. The maximum absolute atomic E-state index is 5.70. The zero-order valence-electron chi connectivity index (χ0n) is 13.0. The minimum absolute atomic E-state index is 0.451. The lowest BCUT2D eigenvalue weighted by Crippen LogP contribution is -2.33. The predicted octanol–water partition coefficient (Wildman–Crippen LogP) is 4.11. The van der Waals surface area contributed by atoms with E-state index in [1.54, 1.807) is 0 Å². The minimum Gasteiger partial charge on any atom is -0.381 e. The summed E-state index contributed by atoms with van der Waals surface area (Å²) in [5.74, 6) is 0.618. The van der Waals surface area contributed by atoms with Gasteiger partial charge in [-0.15, -0.1) is 0 Å². The largest absolute Gasteiger partial charge is 0.381 e. The standard InChI is InChI=1S/C18H29NO/c1-3-7-15-8-5-9-16(13-15)18(19-11-4-2)17-10-6-12-20-14-17/h5,8-9,13,17-19H,3-4,6-7,10-12,14H2,1-2H3. The fourth-order valence-corrected chi connectivity index (χ4v) is 3.12. The molecule has 0 amide bonds. The van der Waals surface area contributed by atoms with Gasteiger partial charge in [0.25, 0.3) is 0 Å². The first-order valence-corrected chi connectivity index (χ1v) is 8.25. The van der Waals surface area contributed by atoms with Crippen LogP contribution in [0.1, 0.15) is 56.7 Å². The van der Waals surface area contributed by atoms with Crippen LogP contribution in [-0.2, 0) is 11.2 Å². The lowest BCUT2D eigenvalue weighted by atomic mass is 9.87. The van der Waals surface area contributed by atoms with Crippen molar-refractivity contribution in [2.75, 3.05) is 19.8 Å². The van der Waals surface area contributed by atoms with E-state index in [1.807, 2.05) is 0 Å². The number of hydrogen-bond acceptors (Lipinski definition) is 2. The molecule has 1 aliphatic heterocycles. The van der Waals surface area contributed by atoms with Crippen molar-refractivity contribution < 1.29 is 4.74 Å². The number of rotatable bonds is 7. The zero-order chi connectivity index (χ0) is 14.2. The predicted molar refractivity (Wildman–Crippen MR) is 85.0 cm³/mol. The van der Waals surface area contributed by atoms with Crippen molar-refractivity contribution in [2.24, 2.45) is 5.92 Å². The lowest BCUT2D eigenvalue weighted by Gasteiger charge is -2.31. The zero-order valence-corrected chi connectivity index (χ0v) is 13.0. The molecule has 1 fully saturated rings. The average molecular weight is 275 g/mol. The van der Waals surface area contributed by atoms with Crippen LogP contribution in [0, 0.1) is 5.92 Å². The summed E-state index contributed by atoms with van der Waals surface area (Å²) in [4.78, 5) is 0. The molecule has 1 saturated heterocycles. The Morgan fingerprint density at radius 1 is 1.30 bits per heavy atom. The van der Waals surface area contributed by atoms with Crippen LogP contribution in [0.15, 0.2) is 24.3 Å². The first kappa shape index (κ1) is 15.5. The molecule has 20 heavy (non-hydrogen) atoms. The number of hydrogen-bond donors (Lipinski definition) is 1. The molecule has 1 aromatic rings. The van der Waals surface area contributed by atoms with E-state index in [0.717, 1.165) is 19.8 Å². The third-order valence-electron chi connectivity index (χ3n) is 4.13. The SMILES string of the molecule is CCCNC(c1cccc(CCC)c1)C1CCCOC1. The molecular weight excluding hydrogens is 246 g/mol. The monoisotopic (exact) mass is 275 g/mol. The van der Waals surface area contributed by atoms with E-state index >= 15 is 0 Å². The second-order valence-electron chi connectivity index (χ2n) is 5.90. The molecule has 2 unspecified atom stereocenters. The van der Waals surface area contributed by atoms with E-state index < -0.39 is 0 Å². The number of ether oxygens (including phenoxy) is 1. The molecule has 0 radical (unpaired) electrons. The van der Waals surface area contributed by atoms with Crippen LogP contribution in [0.25, 0.3) is 0 Å². The molecule has 0 spiro atoms. The molecule has 2 heteroatoms. The van der Waals surface area contributed by atoms with Gasteiger partial charge in [-0.25, -0.2) is 0 Å². The van der Waals surface area contributed by atoms with Gasteiger partial charge < -0.3 is 10.1 Å². The first-order chi connectivity index (χ1) is 9.85. The topological polar surface area (TPSA) is 21.3 Å². The summed E-state index contributed by atoms with van der Waals surface area (Å²) in [5.41, 5.74) is 2.91. The molecule has 1 aromatic carbocycles. The summed E-state index contributed by atoms with van der Waals surface area (Å²) < 4.78 is 5.70. The average Bonchev–Trinajstić information content (AvgIpc) is 2.50. The van der Waals surface area contributed by atoms with Crippen molar-refractivity contribution in [3.63, 3.8) is 0 Å². The molecular formula is C18H29NO. The number of benzene rings is 1. The minimum atomic E-state index is 0.451. The first-order valence-electron chi connectivity index (χ1n) is 8.25. The Morgan fingerprint density at radius 2 is 2.20 bits per heavy atom. The normalized spacial score (nSPS) is 20.8. The van der Waals surface area contributed by atoms with Gasteiger partial charge in [-0.3, -0.25) is 0 Å². The van der Waals surface area contributed by atoms with E-state index in [4.69, 9.17) is 4.74 Å². The van der Waals surface area contributed by atoms with Gasteiger partial charge in [-0.05, 0) is 43.4 Å². The van der Waals surface area contributed by atoms with E-state index in [-0.39, 0.29) is 0 Å². The van der Waals surface area contributed by atoms with Crippen molar-refractivity contribution in [1.29, 1.82) is 0 Å². The van der Waals surface area contributed by atoms with Crippen LogP contribution >= 0.6 is 0 Å². The fourth-order valence-electron chi connectivity index (χ4n) is 3.12. The van der Waals surface area contributed by atoms with Crippen LogP contribution < -0.4 is 5.32 Å². The maximum Gasteiger partial charge on any atom is 0.0512 e. The fraction of sp³-hybridized carbons (Fsp3) is 0.667. The highest BCUT2D eigenvalue weighted by Gasteiger charge is 2.25. The van der Waals surface area contributed by atoms with E-state index in [0.29, 0.717) is 12.0 Å². The van der Waals surface area contributed by atoms with Crippen LogP contribution in [0.4, 0.5) is 0 Å². The number of nitrogens with one attached hydrogen (secondary N) is 1. The van der Waals surface area contributed by atoms with Crippen LogP contribution in [0.5, 0.6) is 0 Å². The van der Waals surface area contributed by atoms with Crippen LogP contribution in [0.2, 0.25) is 0 Å². The Balaban J connectivity index is 2.13. The highest BCUT2D eigenvalue weighted by atomic mass is 16.5. The smallest absolute Gasteiger partial charge is 0.0512 e. The van der Waals surface area contributed by atoms with Gasteiger partial charge in [-0.2, -0.15) is 0 Å². The van der Waals surface area contributed by atoms with Gasteiger partial charge in [0.05, 0.1) is 6.61 Å². The van der Waals surface area contributed by atoms with E-state index in [1.165, 1.54) is 43.2 Å². The van der Waals surface area contributed by atoms with Crippen molar-refractivity contribution in [3.05, 3.63) is 35.4 Å². The summed E-state index contributed by atoms with van der Waals surface area (Å²) in [6.45, 7) is 7.40. The molecule has 1 aliphatic rings. The highest BCUT2D eigenvalue weighted by Crippen LogP contribution is 2.29. The molecule has 1 heterocycles. The molecule has 1 N–H and O–H groups in total. The lowest BCUT2D eigenvalue weighted by molar-refractivity contribution is 0.0390. The van der Waals surface area contributed by atoms with E-state index in [9.17, 15) is 0 Å². The molecule has 0 aromatic heterocycles. The van der Waals surface area contributed by atoms with Crippen molar-refractivity contribution in [2.45, 2.75) is 52.0 Å². The highest BCUT2D eigenvalue weighted by molar-refractivity contribution is 5.27. The summed E-state index contributed by atoms with van der Waals surface area (Å²) in [6, 6.07) is 9.59. The van der Waals surface area contributed by atoms with Crippen LogP contribution in [0.3, 0.4) is 0 Å².